The molecule has 0 fully saturated rings. The second kappa shape index (κ2) is 5.85. The Morgan fingerprint density at radius 1 is 1.56 bits per heavy atom. The van der Waals surface area contributed by atoms with Gasteiger partial charge in [-0.15, -0.1) is 0 Å². The Morgan fingerprint density at radius 3 is 2.94 bits per heavy atom. The number of methoxy groups -OCH3 is 1. The standard InChI is InChI=1S/C14H18BrNO2/c1-16(8-11(15)9-18-2)14(17)13-7-10-5-3-4-6-12(10)13/h3-6,11,13H,7-9H2,1-2H3. The summed E-state index contributed by atoms with van der Waals surface area (Å²) in [6.07, 6.45) is 0.872. The van der Waals surface area contributed by atoms with Crippen LogP contribution >= 0.6 is 15.9 Å². The molecule has 3 nitrogen and oxygen atoms in total. The summed E-state index contributed by atoms with van der Waals surface area (Å²) in [7, 11) is 3.52. The molecule has 0 aromatic heterocycles. The lowest BCUT2D eigenvalue weighted by molar-refractivity contribution is -0.132. The number of carbonyl (C=O) groups is 1. The molecule has 1 amide bonds. The number of halogens is 1. The molecule has 1 aliphatic rings. The monoisotopic (exact) mass is 311 g/mol. The van der Waals surface area contributed by atoms with Crippen molar-refractivity contribution in [3.8, 4) is 0 Å². The molecular weight excluding hydrogens is 294 g/mol. The molecule has 1 aromatic rings. The van der Waals surface area contributed by atoms with Crippen molar-refractivity contribution in [1.82, 2.24) is 4.90 Å². The molecule has 0 N–H and O–H groups in total. The van der Waals surface area contributed by atoms with Crippen molar-refractivity contribution in [2.24, 2.45) is 0 Å². The molecule has 0 aliphatic heterocycles. The van der Waals surface area contributed by atoms with Gasteiger partial charge in [0.2, 0.25) is 5.91 Å². The minimum atomic E-state index is 0.0495. The van der Waals surface area contributed by atoms with Crippen LogP contribution in [0.4, 0.5) is 0 Å². The summed E-state index contributed by atoms with van der Waals surface area (Å²) < 4.78 is 5.06. The molecule has 2 rings (SSSR count). The van der Waals surface area contributed by atoms with E-state index in [1.165, 1.54) is 11.1 Å². The summed E-state index contributed by atoms with van der Waals surface area (Å²) in [4.78, 5) is 14.3. The van der Waals surface area contributed by atoms with E-state index in [2.05, 4.69) is 28.1 Å². The van der Waals surface area contributed by atoms with E-state index in [-0.39, 0.29) is 16.7 Å². The average molecular weight is 312 g/mol. The highest BCUT2D eigenvalue weighted by atomic mass is 79.9. The van der Waals surface area contributed by atoms with E-state index >= 15 is 0 Å². The molecule has 4 heteroatoms. The van der Waals surface area contributed by atoms with Crippen LogP contribution in [-0.2, 0) is 16.0 Å². The van der Waals surface area contributed by atoms with E-state index in [0.29, 0.717) is 13.2 Å². The second-order valence-corrected chi connectivity index (χ2v) is 6.02. The highest BCUT2D eigenvalue weighted by molar-refractivity contribution is 9.09. The molecule has 18 heavy (non-hydrogen) atoms. The molecule has 1 aliphatic carbocycles. The van der Waals surface area contributed by atoms with Gasteiger partial charge in [0.1, 0.15) is 0 Å². The number of likely N-dealkylation sites (N-methyl/N-ethyl adjacent to an activating group) is 1. The van der Waals surface area contributed by atoms with Crippen molar-refractivity contribution in [3.63, 3.8) is 0 Å². The molecule has 0 heterocycles. The third-order valence-electron chi connectivity index (χ3n) is 3.35. The molecule has 0 saturated carbocycles. The number of hydrogen-bond acceptors (Lipinski definition) is 2. The van der Waals surface area contributed by atoms with Crippen LogP contribution in [0.15, 0.2) is 24.3 Å². The lowest BCUT2D eigenvalue weighted by Crippen LogP contribution is -2.40. The normalized spacial score (nSPS) is 18.7. The van der Waals surface area contributed by atoms with Gasteiger partial charge in [0.15, 0.2) is 0 Å². The number of amides is 1. The lowest BCUT2D eigenvalue weighted by Gasteiger charge is -2.33. The molecule has 0 bridgehead atoms. The Kier molecular flexibility index (Phi) is 4.40. The summed E-state index contributed by atoms with van der Waals surface area (Å²) in [6.45, 7) is 1.28. The number of ether oxygens (including phenoxy) is 1. The van der Waals surface area contributed by atoms with Crippen LogP contribution in [0.1, 0.15) is 17.0 Å². The number of rotatable bonds is 5. The van der Waals surface area contributed by atoms with E-state index in [0.717, 1.165) is 6.42 Å². The highest BCUT2D eigenvalue weighted by Crippen LogP contribution is 2.35. The number of benzene rings is 1. The summed E-state index contributed by atoms with van der Waals surface area (Å²) in [5.74, 6) is 0.252. The van der Waals surface area contributed by atoms with Gasteiger partial charge in [-0.25, -0.2) is 0 Å². The maximum atomic E-state index is 12.3. The molecule has 2 atom stereocenters. The number of fused-ring (bicyclic) bond motifs is 1. The zero-order valence-electron chi connectivity index (χ0n) is 10.7. The van der Waals surface area contributed by atoms with Crippen molar-refractivity contribution in [2.45, 2.75) is 17.2 Å². The topological polar surface area (TPSA) is 29.5 Å². The molecule has 1 aromatic carbocycles. The quantitative estimate of drug-likeness (QED) is 0.780. The maximum absolute atomic E-state index is 12.3. The van der Waals surface area contributed by atoms with Crippen molar-refractivity contribution in [1.29, 1.82) is 0 Å². The fourth-order valence-electron chi connectivity index (χ4n) is 2.37. The van der Waals surface area contributed by atoms with Crippen LogP contribution in [0.2, 0.25) is 0 Å². The van der Waals surface area contributed by atoms with Gasteiger partial charge in [0, 0.05) is 20.7 Å². The zero-order chi connectivity index (χ0) is 13.1. The minimum absolute atomic E-state index is 0.0495. The summed E-state index contributed by atoms with van der Waals surface area (Å²) in [5.41, 5.74) is 2.49. The Labute approximate surface area is 116 Å². The van der Waals surface area contributed by atoms with E-state index in [1.54, 1.807) is 12.0 Å². The number of hydrogen-bond donors (Lipinski definition) is 0. The first-order valence-electron chi connectivity index (χ1n) is 6.09. The van der Waals surface area contributed by atoms with Crippen LogP contribution in [0.3, 0.4) is 0 Å². The Hall–Kier alpha value is -0.870. The SMILES string of the molecule is COCC(Br)CN(C)C(=O)C1Cc2ccccc21. The van der Waals surface area contributed by atoms with Crippen LogP contribution < -0.4 is 0 Å². The number of carbonyl (C=O) groups excluding carboxylic acids is 1. The summed E-state index contributed by atoms with van der Waals surface area (Å²) >= 11 is 3.51. The Bertz CT molecular complexity index is 436. The second-order valence-electron chi connectivity index (χ2n) is 4.73. The largest absolute Gasteiger partial charge is 0.383 e. The zero-order valence-corrected chi connectivity index (χ0v) is 12.3. The van der Waals surface area contributed by atoms with Crippen molar-refractivity contribution >= 4 is 21.8 Å². The first-order valence-corrected chi connectivity index (χ1v) is 7.00. The van der Waals surface area contributed by atoms with Crippen molar-refractivity contribution in [2.75, 3.05) is 27.3 Å². The molecular formula is C14H18BrNO2. The molecule has 0 saturated heterocycles. The third kappa shape index (κ3) is 2.75. The number of alkyl halides is 1. The van der Waals surface area contributed by atoms with E-state index < -0.39 is 0 Å². The van der Waals surface area contributed by atoms with Gasteiger partial charge in [0.25, 0.3) is 0 Å². The van der Waals surface area contributed by atoms with Crippen LogP contribution in [0, 0.1) is 0 Å². The summed E-state index contributed by atoms with van der Waals surface area (Å²) in [5, 5.41) is 0. The van der Waals surface area contributed by atoms with E-state index in [9.17, 15) is 4.79 Å². The molecule has 2 unspecified atom stereocenters. The summed E-state index contributed by atoms with van der Waals surface area (Å²) in [6, 6.07) is 8.17. The van der Waals surface area contributed by atoms with E-state index in [1.807, 2.05) is 19.2 Å². The number of nitrogens with zero attached hydrogens (tertiary/aromatic N) is 1. The van der Waals surface area contributed by atoms with Gasteiger partial charge in [-0.3, -0.25) is 4.79 Å². The van der Waals surface area contributed by atoms with Gasteiger partial charge < -0.3 is 9.64 Å². The van der Waals surface area contributed by atoms with Gasteiger partial charge in [-0.1, -0.05) is 40.2 Å². The van der Waals surface area contributed by atoms with Crippen molar-refractivity contribution in [3.05, 3.63) is 35.4 Å². The first kappa shape index (κ1) is 13.6. The lowest BCUT2D eigenvalue weighted by atomic mass is 9.77. The van der Waals surface area contributed by atoms with Crippen LogP contribution in [-0.4, -0.2) is 42.9 Å². The highest BCUT2D eigenvalue weighted by Gasteiger charge is 2.33. The molecule has 0 radical (unpaired) electrons. The predicted octanol–water partition coefficient (Wildman–Crippen LogP) is 2.19. The fourth-order valence-corrected chi connectivity index (χ4v) is 3.06. The van der Waals surface area contributed by atoms with E-state index in [4.69, 9.17) is 4.74 Å². The third-order valence-corrected chi connectivity index (χ3v) is 3.90. The van der Waals surface area contributed by atoms with Gasteiger partial charge in [-0.2, -0.15) is 0 Å². The molecule has 0 spiro atoms. The predicted molar refractivity (Wildman–Crippen MR) is 75.1 cm³/mol. The molecule has 98 valence electrons. The first-order chi connectivity index (χ1) is 8.63. The average Bonchev–Trinajstić information content (AvgIpc) is 2.30. The van der Waals surface area contributed by atoms with Gasteiger partial charge in [0.05, 0.1) is 17.4 Å². The Balaban J connectivity index is 1.93. The van der Waals surface area contributed by atoms with Gasteiger partial charge >= 0.3 is 0 Å². The van der Waals surface area contributed by atoms with Gasteiger partial charge in [-0.05, 0) is 17.5 Å². The van der Waals surface area contributed by atoms with Crippen LogP contribution in [0.25, 0.3) is 0 Å². The van der Waals surface area contributed by atoms with Crippen molar-refractivity contribution < 1.29 is 9.53 Å². The smallest absolute Gasteiger partial charge is 0.230 e. The maximum Gasteiger partial charge on any atom is 0.230 e. The fraction of sp³-hybridized carbons (Fsp3) is 0.500. The Morgan fingerprint density at radius 2 is 2.28 bits per heavy atom. The minimum Gasteiger partial charge on any atom is -0.383 e. The van der Waals surface area contributed by atoms with Crippen LogP contribution in [0.5, 0.6) is 0 Å².